The van der Waals surface area contributed by atoms with E-state index in [1.54, 1.807) is 18.4 Å². The van der Waals surface area contributed by atoms with Crippen molar-refractivity contribution in [1.29, 1.82) is 0 Å². The van der Waals surface area contributed by atoms with Gasteiger partial charge in [-0.1, -0.05) is 76.4 Å². The number of carbonyl (C=O) groups excluding carboxylic acids is 2. The molecule has 3 atom stereocenters. The predicted molar refractivity (Wildman–Crippen MR) is 164 cm³/mol. The van der Waals surface area contributed by atoms with E-state index in [0.29, 0.717) is 6.54 Å². The molecule has 1 saturated carbocycles. The van der Waals surface area contributed by atoms with Crippen molar-refractivity contribution in [3.63, 3.8) is 0 Å². The lowest BCUT2D eigenvalue weighted by Crippen LogP contribution is -2.55. The molecule has 3 aromatic rings. The molecule has 2 heterocycles. The van der Waals surface area contributed by atoms with Crippen LogP contribution in [0.1, 0.15) is 89.3 Å². The van der Waals surface area contributed by atoms with Crippen LogP contribution in [-0.2, 0) is 15.0 Å². The summed E-state index contributed by atoms with van der Waals surface area (Å²) in [7, 11) is 1.78. The lowest BCUT2D eigenvalue weighted by Gasteiger charge is -2.35. The van der Waals surface area contributed by atoms with E-state index < -0.39 is 6.04 Å². The Morgan fingerprint density at radius 1 is 1.00 bits per heavy atom. The van der Waals surface area contributed by atoms with E-state index in [-0.39, 0.29) is 35.2 Å². The van der Waals surface area contributed by atoms with E-state index in [0.717, 1.165) is 54.8 Å². The highest BCUT2D eigenvalue weighted by Gasteiger charge is 2.40. The van der Waals surface area contributed by atoms with E-state index in [2.05, 4.69) is 73.2 Å². The molecule has 1 aliphatic heterocycles. The van der Waals surface area contributed by atoms with E-state index in [4.69, 9.17) is 4.98 Å². The van der Waals surface area contributed by atoms with Crippen LogP contribution in [-0.4, -0.2) is 47.4 Å². The molecular formula is C33H44N4O2S. The van der Waals surface area contributed by atoms with Crippen LogP contribution in [0, 0.1) is 5.92 Å². The maximum Gasteiger partial charge on any atom is 0.246 e. The number of benzene rings is 2. The van der Waals surface area contributed by atoms with Gasteiger partial charge in [0, 0.05) is 17.5 Å². The van der Waals surface area contributed by atoms with Gasteiger partial charge in [0.2, 0.25) is 11.8 Å². The Labute approximate surface area is 242 Å². The zero-order valence-electron chi connectivity index (χ0n) is 24.6. The first kappa shape index (κ1) is 28.7. The molecule has 1 aromatic heterocycles. The van der Waals surface area contributed by atoms with Crippen molar-refractivity contribution in [1.82, 2.24) is 20.5 Å². The average molecular weight is 561 g/mol. The van der Waals surface area contributed by atoms with Crippen LogP contribution >= 0.6 is 11.3 Å². The Morgan fingerprint density at radius 2 is 1.73 bits per heavy atom. The lowest BCUT2D eigenvalue weighted by molar-refractivity contribution is -0.139. The van der Waals surface area contributed by atoms with Crippen LogP contribution in [0.4, 0.5) is 0 Å². The molecule has 6 nitrogen and oxygen atoms in total. The number of aromatic nitrogens is 1. The maximum atomic E-state index is 14.1. The quantitative estimate of drug-likeness (QED) is 0.342. The minimum absolute atomic E-state index is 0.0453. The number of nitrogens with zero attached hydrogens (tertiary/aromatic N) is 2. The summed E-state index contributed by atoms with van der Waals surface area (Å²) in [6, 6.07) is 12.2. The Bertz CT molecular complexity index is 1350. The number of carbonyl (C=O) groups is 2. The van der Waals surface area contributed by atoms with Crippen molar-refractivity contribution in [3.05, 3.63) is 52.3 Å². The maximum absolute atomic E-state index is 14.1. The molecule has 40 heavy (non-hydrogen) atoms. The second-order valence-corrected chi connectivity index (χ2v) is 13.5. The molecule has 2 aromatic carbocycles. The van der Waals surface area contributed by atoms with Crippen LogP contribution in [0.5, 0.6) is 0 Å². The molecule has 214 valence electrons. The first-order valence-electron chi connectivity index (χ1n) is 14.9. The van der Waals surface area contributed by atoms with Gasteiger partial charge in [0.25, 0.3) is 0 Å². The standard InChI is InChI=1S/C33H44N4O2S/c1-21(34-5)30(38)36-29(22-12-7-6-8-13-22)32(39)37-19-11-16-28(37)31-35-27(20-40-31)25-17-18-26(33(2,3)4)24-15-10-9-14-23(24)25/h9-10,14-15,17-18,20-22,28-29,34H,6-8,11-13,16,19H2,1-5H3,(H,36,38)/t21-,28-,29-/m1/s1. The third-order valence-corrected chi connectivity index (χ3v) is 9.81. The number of rotatable bonds is 7. The number of hydrogen-bond donors (Lipinski definition) is 2. The second kappa shape index (κ2) is 12.0. The summed E-state index contributed by atoms with van der Waals surface area (Å²) in [5.41, 5.74) is 3.48. The van der Waals surface area contributed by atoms with Gasteiger partial charge < -0.3 is 15.5 Å². The number of fused-ring (bicyclic) bond motifs is 1. The summed E-state index contributed by atoms with van der Waals surface area (Å²) in [4.78, 5) is 34.2. The largest absolute Gasteiger partial charge is 0.343 e. The predicted octanol–water partition coefficient (Wildman–Crippen LogP) is 6.60. The number of likely N-dealkylation sites (N-methyl/N-ethyl adjacent to an activating group) is 1. The van der Waals surface area contributed by atoms with Gasteiger partial charge in [-0.15, -0.1) is 11.3 Å². The summed E-state index contributed by atoms with van der Waals surface area (Å²) >= 11 is 1.65. The van der Waals surface area contributed by atoms with E-state index in [1.807, 2.05) is 11.8 Å². The van der Waals surface area contributed by atoms with Gasteiger partial charge in [0.15, 0.2) is 0 Å². The second-order valence-electron chi connectivity index (χ2n) is 12.6. The van der Waals surface area contributed by atoms with Gasteiger partial charge in [-0.25, -0.2) is 4.98 Å². The van der Waals surface area contributed by atoms with Gasteiger partial charge in [0.1, 0.15) is 11.0 Å². The number of amides is 2. The summed E-state index contributed by atoms with van der Waals surface area (Å²) in [5.74, 6) is 0.141. The Hall–Kier alpha value is -2.77. The van der Waals surface area contributed by atoms with Crippen molar-refractivity contribution in [2.24, 2.45) is 5.92 Å². The molecular weight excluding hydrogens is 516 g/mol. The highest BCUT2D eigenvalue weighted by molar-refractivity contribution is 7.10. The van der Waals surface area contributed by atoms with Gasteiger partial charge >= 0.3 is 0 Å². The molecule has 0 bridgehead atoms. The van der Waals surface area contributed by atoms with Crippen molar-refractivity contribution in [2.45, 2.75) is 96.2 Å². The Kier molecular flexibility index (Phi) is 8.62. The molecule has 0 radical (unpaired) electrons. The minimum atomic E-state index is -0.475. The number of hydrogen-bond acceptors (Lipinski definition) is 5. The van der Waals surface area contributed by atoms with Gasteiger partial charge in [0.05, 0.1) is 17.8 Å². The van der Waals surface area contributed by atoms with Crippen molar-refractivity contribution >= 4 is 33.9 Å². The van der Waals surface area contributed by atoms with Crippen LogP contribution in [0.15, 0.2) is 41.8 Å². The summed E-state index contributed by atoms with van der Waals surface area (Å²) in [5, 5.41) is 11.8. The molecule has 2 aliphatic rings. The summed E-state index contributed by atoms with van der Waals surface area (Å²) in [6.07, 6.45) is 7.27. The monoisotopic (exact) mass is 560 g/mol. The fraction of sp³-hybridized carbons (Fsp3) is 0.545. The SMILES string of the molecule is CN[C@H](C)C(=O)N[C@@H](C(=O)N1CCC[C@@H]1c1nc(-c2ccc(C(C)(C)C)c3ccccc23)cs1)C1CCCCC1. The summed E-state index contributed by atoms with van der Waals surface area (Å²) in [6.45, 7) is 9.31. The van der Waals surface area contributed by atoms with Crippen LogP contribution < -0.4 is 10.6 Å². The molecule has 2 amide bonds. The molecule has 1 aliphatic carbocycles. The average Bonchev–Trinajstić information content (AvgIpc) is 3.64. The fourth-order valence-electron chi connectivity index (χ4n) is 6.46. The number of nitrogens with one attached hydrogen (secondary N) is 2. The number of likely N-dealkylation sites (tertiary alicyclic amines) is 1. The van der Waals surface area contributed by atoms with Gasteiger partial charge in [-0.2, -0.15) is 0 Å². The lowest BCUT2D eigenvalue weighted by atomic mass is 9.82. The zero-order chi connectivity index (χ0) is 28.4. The highest BCUT2D eigenvalue weighted by Crippen LogP contribution is 2.40. The number of thiazole rings is 1. The van der Waals surface area contributed by atoms with E-state index in [9.17, 15) is 9.59 Å². The smallest absolute Gasteiger partial charge is 0.246 e. The van der Waals surface area contributed by atoms with Gasteiger partial charge in [-0.3, -0.25) is 9.59 Å². The third-order valence-electron chi connectivity index (χ3n) is 8.86. The van der Waals surface area contributed by atoms with Gasteiger partial charge in [-0.05, 0) is 67.3 Å². The zero-order valence-corrected chi connectivity index (χ0v) is 25.4. The van der Waals surface area contributed by atoms with E-state index >= 15 is 0 Å². The molecule has 0 spiro atoms. The Balaban J connectivity index is 1.43. The highest BCUT2D eigenvalue weighted by atomic mass is 32.1. The van der Waals surface area contributed by atoms with Crippen molar-refractivity contribution < 1.29 is 9.59 Å². The van der Waals surface area contributed by atoms with E-state index in [1.165, 1.54) is 22.8 Å². The van der Waals surface area contributed by atoms with Crippen LogP contribution in [0.25, 0.3) is 22.0 Å². The minimum Gasteiger partial charge on any atom is -0.343 e. The van der Waals surface area contributed by atoms with Crippen LogP contribution in [0.2, 0.25) is 0 Å². The summed E-state index contributed by atoms with van der Waals surface area (Å²) < 4.78 is 0. The molecule has 0 unspecified atom stereocenters. The third kappa shape index (κ3) is 5.82. The first-order chi connectivity index (χ1) is 19.2. The topological polar surface area (TPSA) is 74.3 Å². The normalized spacial score (nSPS) is 20.0. The van der Waals surface area contributed by atoms with Crippen LogP contribution in [0.3, 0.4) is 0 Å². The molecule has 1 saturated heterocycles. The van der Waals surface area contributed by atoms with Crippen molar-refractivity contribution in [3.8, 4) is 11.3 Å². The first-order valence-corrected chi connectivity index (χ1v) is 15.8. The molecule has 2 fully saturated rings. The molecule has 5 rings (SSSR count). The Morgan fingerprint density at radius 3 is 2.42 bits per heavy atom. The molecule has 2 N–H and O–H groups in total. The fourth-order valence-corrected chi connectivity index (χ4v) is 7.43. The molecule has 7 heteroatoms. The van der Waals surface area contributed by atoms with Crippen molar-refractivity contribution in [2.75, 3.05) is 13.6 Å².